The van der Waals surface area contributed by atoms with E-state index in [1.807, 2.05) is 30.3 Å². The zero-order valence-electron chi connectivity index (χ0n) is 9.15. The molecule has 0 unspecified atom stereocenters. The van der Waals surface area contributed by atoms with E-state index in [4.69, 9.17) is 0 Å². The molecule has 2 nitrogen and oxygen atoms in total. The third-order valence-electron chi connectivity index (χ3n) is 2.35. The van der Waals surface area contributed by atoms with Gasteiger partial charge in [-0.1, -0.05) is 18.2 Å². The quantitative estimate of drug-likeness (QED) is 0.716. The number of hydrogen-bond acceptors (Lipinski definition) is 2. The molecule has 0 aliphatic carbocycles. The average Bonchev–Trinajstić information content (AvgIpc) is 2.34. The fourth-order valence-corrected chi connectivity index (χ4v) is 2.92. The average molecular weight is 387 g/mol. The van der Waals surface area contributed by atoms with E-state index in [0.717, 1.165) is 8.95 Å². The number of rotatable bonds is 2. The molecule has 18 heavy (non-hydrogen) atoms. The van der Waals surface area contributed by atoms with E-state index in [2.05, 4.69) is 49.8 Å². The smallest absolute Gasteiger partial charge is 0.256 e. The van der Waals surface area contributed by atoms with Gasteiger partial charge in [-0.15, -0.1) is 12.6 Å². The maximum atomic E-state index is 12.1. The maximum Gasteiger partial charge on any atom is 0.256 e. The standard InChI is InChI=1S/C13H9Br2NOS/c14-9-5-3-6-10(15)12(9)16-13(17)8-4-1-2-7-11(8)18/h1-7,18H,(H,16,17). The van der Waals surface area contributed by atoms with E-state index in [1.54, 1.807) is 12.1 Å². The summed E-state index contributed by atoms with van der Waals surface area (Å²) in [4.78, 5) is 12.8. The largest absolute Gasteiger partial charge is 0.320 e. The van der Waals surface area contributed by atoms with E-state index >= 15 is 0 Å². The van der Waals surface area contributed by atoms with E-state index in [1.165, 1.54) is 0 Å². The molecule has 92 valence electrons. The van der Waals surface area contributed by atoms with Crippen LogP contribution in [0.5, 0.6) is 0 Å². The Hall–Kier alpha value is -0.780. The first kappa shape index (κ1) is 13.6. The summed E-state index contributed by atoms with van der Waals surface area (Å²) in [6.45, 7) is 0. The zero-order chi connectivity index (χ0) is 13.1. The number of benzene rings is 2. The van der Waals surface area contributed by atoms with Crippen LogP contribution in [0.4, 0.5) is 5.69 Å². The molecule has 2 rings (SSSR count). The van der Waals surface area contributed by atoms with Crippen molar-refractivity contribution in [3.63, 3.8) is 0 Å². The summed E-state index contributed by atoms with van der Waals surface area (Å²) in [6, 6.07) is 12.8. The van der Waals surface area contributed by atoms with Crippen LogP contribution in [-0.2, 0) is 0 Å². The summed E-state index contributed by atoms with van der Waals surface area (Å²) >= 11 is 11.1. The molecule has 0 atom stereocenters. The second-order valence-corrected chi connectivity index (χ2v) is 5.76. The Balaban J connectivity index is 2.30. The highest BCUT2D eigenvalue weighted by atomic mass is 79.9. The molecule has 0 aliphatic heterocycles. The van der Waals surface area contributed by atoms with Gasteiger partial charge in [-0.3, -0.25) is 4.79 Å². The van der Waals surface area contributed by atoms with Crippen LogP contribution < -0.4 is 5.32 Å². The maximum absolute atomic E-state index is 12.1. The molecule has 0 saturated carbocycles. The molecule has 1 amide bonds. The highest BCUT2D eigenvalue weighted by Gasteiger charge is 2.12. The lowest BCUT2D eigenvalue weighted by molar-refractivity contribution is 0.102. The van der Waals surface area contributed by atoms with Gasteiger partial charge in [-0.2, -0.15) is 0 Å². The van der Waals surface area contributed by atoms with Crippen molar-refractivity contribution in [1.82, 2.24) is 0 Å². The van der Waals surface area contributed by atoms with Crippen LogP contribution in [0, 0.1) is 0 Å². The number of thiol groups is 1. The van der Waals surface area contributed by atoms with Crippen molar-refractivity contribution in [2.45, 2.75) is 4.90 Å². The molecule has 0 radical (unpaired) electrons. The van der Waals surface area contributed by atoms with E-state index in [-0.39, 0.29) is 5.91 Å². The van der Waals surface area contributed by atoms with Crippen molar-refractivity contribution < 1.29 is 4.79 Å². The molecule has 0 aromatic heterocycles. The molecule has 0 bridgehead atoms. The summed E-state index contributed by atoms with van der Waals surface area (Å²) in [5.41, 5.74) is 1.25. The summed E-state index contributed by atoms with van der Waals surface area (Å²) < 4.78 is 1.64. The van der Waals surface area contributed by atoms with Gasteiger partial charge in [0, 0.05) is 13.8 Å². The molecule has 2 aromatic carbocycles. The van der Waals surface area contributed by atoms with Crippen molar-refractivity contribution in [1.29, 1.82) is 0 Å². The summed E-state index contributed by atoms with van der Waals surface area (Å²) in [6.07, 6.45) is 0. The Morgan fingerprint density at radius 1 is 1.00 bits per heavy atom. The van der Waals surface area contributed by atoms with Gasteiger partial charge in [-0.25, -0.2) is 0 Å². The Bertz CT molecular complexity index is 581. The fourth-order valence-electron chi connectivity index (χ4n) is 1.46. The Labute approximate surface area is 127 Å². The highest BCUT2D eigenvalue weighted by molar-refractivity contribution is 9.11. The molecular weight excluding hydrogens is 378 g/mol. The monoisotopic (exact) mass is 385 g/mol. The van der Waals surface area contributed by atoms with Crippen molar-refractivity contribution in [3.05, 3.63) is 57.0 Å². The van der Waals surface area contributed by atoms with Gasteiger partial charge >= 0.3 is 0 Å². The van der Waals surface area contributed by atoms with Gasteiger partial charge in [0.25, 0.3) is 5.91 Å². The number of carbonyl (C=O) groups excluding carboxylic acids is 1. The number of hydrogen-bond donors (Lipinski definition) is 2. The number of anilines is 1. The third-order valence-corrected chi connectivity index (χ3v) is 4.06. The van der Waals surface area contributed by atoms with Crippen LogP contribution in [0.2, 0.25) is 0 Å². The Morgan fingerprint density at radius 2 is 1.61 bits per heavy atom. The molecule has 2 aromatic rings. The topological polar surface area (TPSA) is 29.1 Å². The number of carbonyl (C=O) groups is 1. The van der Waals surface area contributed by atoms with Crippen molar-refractivity contribution >= 4 is 56.1 Å². The Morgan fingerprint density at radius 3 is 2.22 bits per heavy atom. The summed E-state index contributed by atoms with van der Waals surface area (Å²) in [7, 11) is 0. The van der Waals surface area contributed by atoms with Crippen LogP contribution >= 0.6 is 44.5 Å². The second kappa shape index (κ2) is 5.91. The predicted octanol–water partition coefficient (Wildman–Crippen LogP) is 4.75. The van der Waals surface area contributed by atoms with Gasteiger partial charge in [0.15, 0.2) is 0 Å². The summed E-state index contributed by atoms with van der Waals surface area (Å²) in [5, 5.41) is 2.85. The molecule has 0 fully saturated rings. The minimum atomic E-state index is -0.187. The first-order valence-electron chi connectivity index (χ1n) is 5.13. The fraction of sp³-hybridized carbons (Fsp3) is 0. The molecule has 0 saturated heterocycles. The van der Waals surface area contributed by atoms with Crippen LogP contribution in [0.25, 0.3) is 0 Å². The minimum Gasteiger partial charge on any atom is -0.320 e. The SMILES string of the molecule is O=C(Nc1c(Br)cccc1Br)c1ccccc1S. The van der Waals surface area contributed by atoms with Gasteiger partial charge in [0.2, 0.25) is 0 Å². The normalized spacial score (nSPS) is 10.2. The first-order valence-corrected chi connectivity index (χ1v) is 7.16. The van der Waals surface area contributed by atoms with E-state index in [0.29, 0.717) is 16.1 Å². The van der Waals surface area contributed by atoms with E-state index < -0.39 is 0 Å². The number of para-hydroxylation sites is 1. The minimum absolute atomic E-state index is 0.187. The lowest BCUT2D eigenvalue weighted by Crippen LogP contribution is -2.13. The van der Waals surface area contributed by atoms with Crippen molar-refractivity contribution in [2.75, 3.05) is 5.32 Å². The van der Waals surface area contributed by atoms with Crippen LogP contribution in [0.1, 0.15) is 10.4 Å². The van der Waals surface area contributed by atoms with Gasteiger partial charge in [-0.05, 0) is 56.1 Å². The van der Waals surface area contributed by atoms with Crippen LogP contribution in [-0.4, -0.2) is 5.91 Å². The first-order chi connectivity index (χ1) is 8.59. The molecule has 0 spiro atoms. The second-order valence-electron chi connectivity index (χ2n) is 3.57. The van der Waals surface area contributed by atoms with Gasteiger partial charge in [0.1, 0.15) is 0 Å². The van der Waals surface area contributed by atoms with Crippen molar-refractivity contribution in [3.8, 4) is 0 Å². The summed E-state index contributed by atoms with van der Waals surface area (Å²) in [5.74, 6) is -0.187. The zero-order valence-corrected chi connectivity index (χ0v) is 13.2. The molecular formula is C13H9Br2NOS. The number of nitrogens with one attached hydrogen (secondary N) is 1. The molecule has 0 aliphatic rings. The lowest BCUT2D eigenvalue weighted by atomic mass is 10.2. The highest BCUT2D eigenvalue weighted by Crippen LogP contribution is 2.31. The molecule has 0 heterocycles. The Kier molecular flexibility index (Phi) is 4.48. The molecule has 5 heteroatoms. The predicted molar refractivity (Wildman–Crippen MR) is 83.5 cm³/mol. The number of amides is 1. The van der Waals surface area contributed by atoms with Crippen molar-refractivity contribution in [2.24, 2.45) is 0 Å². The van der Waals surface area contributed by atoms with E-state index in [9.17, 15) is 4.79 Å². The number of halogens is 2. The van der Waals surface area contributed by atoms with Crippen LogP contribution in [0.3, 0.4) is 0 Å². The van der Waals surface area contributed by atoms with Crippen LogP contribution in [0.15, 0.2) is 56.3 Å². The third kappa shape index (κ3) is 2.96. The van der Waals surface area contributed by atoms with Gasteiger partial charge in [0.05, 0.1) is 11.3 Å². The van der Waals surface area contributed by atoms with Gasteiger partial charge < -0.3 is 5.32 Å². The lowest BCUT2D eigenvalue weighted by Gasteiger charge is -2.10. The molecule has 1 N–H and O–H groups in total.